The number of carbonyl (C=O) groups excluding carboxylic acids is 1. The summed E-state index contributed by atoms with van der Waals surface area (Å²) in [6.45, 7) is 3.74. The van der Waals surface area contributed by atoms with E-state index in [1.807, 2.05) is 30.3 Å². The first kappa shape index (κ1) is 18.2. The SMILES string of the molecule is O=C(c1ccc(CN2CCCC2)cc1)N1CCS(=O)(=O)c2ccccc2C1. The lowest BCUT2D eigenvalue weighted by Gasteiger charge is -2.21. The smallest absolute Gasteiger partial charge is 0.254 e. The van der Waals surface area contributed by atoms with Crippen molar-refractivity contribution >= 4 is 15.7 Å². The van der Waals surface area contributed by atoms with Gasteiger partial charge in [-0.05, 0) is 55.3 Å². The third-order valence-electron chi connectivity index (χ3n) is 5.39. The number of fused-ring (bicyclic) bond motifs is 1. The first-order chi connectivity index (χ1) is 13.0. The molecule has 4 rings (SSSR count). The number of likely N-dealkylation sites (tertiary alicyclic amines) is 1. The Kier molecular flexibility index (Phi) is 5.02. The molecule has 27 heavy (non-hydrogen) atoms. The van der Waals surface area contributed by atoms with Gasteiger partial charge in [-0.15, -0.1) is 0 Å². The predicted octanol–water partition coefficient (Wildman–Crippen LogP) is 2.71. The highest BCUT2D eigenvalue weighted by atomic mass is 32.2. The Bertz CT molecular complexity index is 932. The van der Waals surface area contributed by atoms with Gasteiger partial charge in [0.25, 0.3) is 5.91 Å². The number of carbonyl (C=O) groups is 1. The Balaban J connectivity index is 1.51. The Morgan fingerprint density at radius 3 is 2.37 bits per heavy atom. The summed E-state index contributed by atoms with van der Waals surface area (Å²) in [5, 5.41) is 0. The van der Waals surface area contributed by atoms with E-state index < -0.39 is 9.84 Å². The van der Waals surface area contributed by atoms with Gasteiger partial charge in [0.2, 0.25) is 0 Å². The van der Waals surface area contributed by atoms with E-state index in [0.29, 0.717) is 22.6 Å². The van der Waals surface area contributed by atoms with Gasteiger partial charge in [0.15, 0.2) is 9.84 Å². The standard InChI is InChI=1S/C21H24N2O3S/c24-21(18-9-7-17(8-10-18)15-22-11-3-4-12-22)23-13-14-27(25,26)20-6-2-1-5-19(20)16-23/h1-2,5-10H,3-4,11-16H2. The molecule has 0 unspecified atom stereocenters. The average molecular weight is 385 g/mol. The van der Waals surface area contributed by atoms with Crippen LogP contribution in [-0.2, 0) is 22.9 Å². The molecule has 142 valence electrons. The van der Waals surface area contributed by atoms with Crippen molar-refractivity contribution in [1.29, 1.82) is 0 Å². The van der Waals surface area contributed by atoms with Crippen LogP contribution >= 0.6 is 0 Å². The van der Waals surface area contributed by atoms with Crippen LogP contribution in [0.2, 0.25) is 0 Å². The molecule has 0 aromatic heterocycles. The molecular formula is C21H24N2O3S. The molecule has 2 aromatic carbocycles. The maximum Gasteiger partial charge on any atom is 0.254 e. The summed E-state index contributed by atoms with van der Waals surface area (Å²) in [4.78, 5) is 17.4. The zero-order valence-corrected chi connectivity index (χ0v) is 16.1. The first-order valence-electron chi connectivity index (χ1n) is 9.44. The second kappa shape index (κ2) is 7.44. The van der Waals surface area contributed by atoms with Crippen molar-refractivity contribution in [3.05, 3.63) is 65.2 Å². The van der Waals surface area contributed by atoms with Gasteiger partial charge in [0.1, 0.15) is 0 Å². The maximum absolute atomic E-state index is 12.9. The molecule has 0 radical (unpaired) electrons. The molecule has 2 aliphatic heterocycles. The van der Waals surface area contributed by atoms with Gasteiger partial charge >= 0.3 is 0 Å². The quantitative estimate of drug-likeness (QED) is 0.816. The highest BCUT2D eigenvalue weighted by Gasteiger charge is 2.27. The summed E-state index contributed by atoms with van der Waals surface area (Å²) in [5.41, 5.74) is 2.50. The Hall–Kier alpha value is -2.18. The predicted molar refractivity (Wildman–Crippen MR) is 104 cm³/mol. The van der Waals surface area contributed by atoms with Gasteiger partial charge in [0.05, 0.1) is 10.6 Å². The molecule has 0 N–H and O–H groups in total. The lowest BCUT2D eigenvalue weighted by Crippen LogP contribution is -2.32. The van der Waals surface area contributed by atoms with E-state index in [0.717, 1.165) is 19.6 Å². The fourth-order valence-corrected chi connectivity index (χ4v) is 5.37. The summed E-state index contributed by atoms with van der Waals surface area (Å²) >= 11 is 0. The summed E-state index contributed by atoms with van der Waals surface area (Å²) in [5.74, 6) is -0.155. The number of hydrogen-bond donors (Lipinski definition) is 0. The Morgan fingerprint density at radius 2 is 1.63 bits per heavy atom. The molecule has 2 heterocycles. The van der Waals surface area contributed by atoms with E-state index >= 15 is 0 Å². The van der Waals surface area contributed by atoms with Gasteiger partial charge < -0.3 is 4.90 Å². The van der Waals surface area contributed by atoms with Gasteiger partial charge in [-0.2, -0.15) is 0 Å². The van der Waals surface area contributed by atoms with Crippen molar-refractivity contribution in [3.63, 3.8) is 0 Å². The molecule has 1 fully saturated rings. The van der Waals surface area contributed by atoms with Crippen LogP contribution in [0.1, 0.15) is 34.3 Å². The van der Waals surface area contributed by atoms with Crippen LogP contribution in [0.3, 0.4) is 0 Å². The van der Waals surface area contributed by atoms with Crippen LogP contribution in [0.15, 0.2) is 53.4 Å². The minimum Gasteiger partial charge on any atom is -0.333 e. The maximum atomic E-state index is 12.9. The monoisotopic (exact) mass is 384 g/mol. The summed E-state index contributed by atoms with van der Waals surface area (Å²) in [7, 11) is -3.35. The van der Waals surface area contributed by atoms with Gasteiger partial charge in [0, 0.05) is 25.2 Å². The van der Waals surface area contributed by atoms with E-state index in [1.165, 1.54) is 18.4 Å². The van der Waals surface area contributed by atoms with E-state index in [9.17, 15) is 13.2 Å². The second-order valence-corrected chi connectivity index (χ2v) is 9.41. The van der Waals surface area contributed by atoms with Crippen LogP contribution < -0.4 is 0 Å². The molecule has 6 heteroatoms. The van der Waals surface area contributed by atoms with Crippen LogP contribution in [0, 0.1) is 0 Å². The van der Waals surface area contributed by atoms with Gasteiger partial charge in [-0.3, -0.25) is 9.69 Å². The molecule has 2 aromatic rings. The van der Waals surface area contributed by atoms with Crippen LogP contribution in [0.25, 0.3) is 0 Å². The molecule has 0 bridgehead atoms. The number of hydrogen-bond acceptors (Lipinski definition) is 4. The van der Waals surface area contributed by atoms with Crippen molar-refractivity contribution in [2.24, 2.45) is 0 Å². The molecular weight excluding hydrogens is 360 g/mol. The van der Waals surface area contributed by atoms with Crippen LogP contribution in [0.4, 0.5) is 0 Å². The van der Waals surface area contributed by atoms with E-state index in [1.54, 1.807) is 23.1 Å². The average Bonchev–Trinajstić information content (AvgIpc) is 3.14. The van der Waals surface area contributed by atoms with E-state index in [4.69, 9.17) is 0 Å². The zero-order valence-electron chi connectivity index (χ0n) is 15.3. The van der Waals surface area contributed by atoms with E-state index in [-0.39, 0.29) is 18.2 Å². The normalized spacial score (nSPS) is 19.5. The molecule has 0 saturated carbocycles. The molecule has 1 amide bonds. The van der Waals surface area contributed by atoms with Crippen molar-refractivity contribution in [2.75, 3.05) is 25.4 Å². The fourth-order valence-electron chi connectivity index (χ4n) is 3.87. The first-order valence-corrected chi connectivity index (χ1v) is 11.1. The van der Waals surface area contributed by atoms with Gasteiger partial charge in [-0.25, -0.2) is 8.42 Å². The molecule has 0 spiro atoms. The number of benzene rings is 2. The molecule has 0 atom stereocenters. The number of amides is 1. The Morgan fingerprint density at radius 1 is 0.926 bits per heavy atom. The highest BCUT2D eigenvalue weighted by molar-refractivity contribution is 7.91. The zero-order chi connectivity index (χ0) is 18.9. The highest BCUT2D eigenvalue weighted by Crippen LogP contribution is 2.24. The topological polar surface area (TPSA) is 57.7 Å². The molecule has 1 saturated heterocycles. The molecule has 5 nitrogen and oxygen atoms in total. The fraction of sp³-hybridized carbons (Fsp3) is 0.381. The minimum absolute atomic E-state index is 0.0389. The lowest BCUT2D eigenvalue weighted by atomic mass is 10.1. The number of nitrogens with zero attached hydrogens (tertiary/aromatic N) is 2. The second-order valence-electron chi connectivity index (χ2n) is 7.33. The third-order valence-corrected chi connectivity index (χ3v) is 7.18. The number of rotatable bonds is 3. The van der Waals surface area contributed by atoms with Crippen molar-refractivity contribution < 1.29 is 13.2 Å². The largest absolute Gasteiger partial charge is 0.333 e. The van der Waals surface area contributed by atoms with E-state index in [2.05, 4.69) is 4.90 Å². The summed E-state index contributed by atoms with van der Waals surface area (Å²) in [6.07, 6.45) is 2.52. The van der Waals surface area contributed by atoms with Crippen molar-refractivity contribution in [3.8, 4) is 0 Å². The van der Waals surface area contributed by atoms with Crippen LogP contribution in [0.5, 0.6) is 0 Å². The molecule has 2 aliphatic rings. The lowest BCUT2D eigenvalue weighted by molar-refractivity contribution is 0.0754. The minimum atomic E-state index is -3.35. The Labute approximate surface area is 160 Å². The van der Waals surface area contributed by atoms with Crippen molar-refractivity contribution in [1.82, 2.24) is 9.80 Å². The summed E-state index contributed by atoms with van der Waals surface area (Å²) in [6, 6.07) is 14.7. The van der Waals surface area contributed by atoms with Crippen LogP contribution in [-0.4, -0.2) is 49.5 Å². The van der Waals surface area contributed by atoms with Crippen molar-refractivity contribution in [2.45, 2.75) is 30.8 Å². The summed E-state index contributed by atoms with van der Waals surface area (Å²) < 4.78 is 24.9. The molecule has 0 aliphatic carbocycles. The van der Waals surface area contributed by atoms with Gasteiger partial charge in [-0.1, -0.05) is 30.3 Å². The third kappa shape index (κ3) is 3.92. The number of sulfone groups is 1.